The quantitative estimate of drug-likeness (QED) is 0.427. The van der Waals surface area contributed by atoms with E-state index in [1.165, 1.54) is 5.56 Å². The first kappa shape index (κ1) is 21.4. The summed E-state index contributed by atoms with van der Waals surface area (Å²) in [7, 11) is -3.73. The minimum Gasteiger partial charge on any atom is -0.294 e. The van der Waals surface area contributed by atoms with Crippen LogP contribution in [0, 0.1) is 0 Å². The van der Waals surface area contributed by atoms with Gasteiger partial charge in [0.1, 0.15) is 0 Å². The van der Waals surface area contributed by atoms with Crippen LogP contribution in [0.5, 0.6) is 0 Å². The minimum atomic E-state index is -3.73. The highest BCUT2D eigenvalue weighted by atomic mass is 35.5. The minimum absolute atomic E-state index is 0.126. The molecule has 0 saturated carbocycles. The van der Waals surface area contributed by atoms with E-state index in [4.69, 9.17) is 11.6 Å². The van der Waals surface area contributed by atoms with E-state index in [2.05, 4.69) is 10.8 Å². The Labute approximate surface area is 195 Å². The van der Waals surface area contributed by atoms with Crippen LogP contribution in [0.15, 0.2) is 76.4 Å². The smallest absolute Gasteiger partial charge is 0.294 e. The topological polar surface area (TPSA) is 68.2 Å². The first-order valence-corrected chi connectivity index (χ1v) is 13.1. The molecular formula is C24H21ClN2O3S2. The highest BCUT2D eigenvalue weighted by Gasteiger charge is 2.26. The number of rotatable bonds is 5. The van der Waals surface area contributed by atoms with Gasteiger partial charge in [0.25, 0.3) is 0 Å². The molecule has 5 nitrogen and oxygen atoms in total. The molecule has 1 N–H and O–H groups in total. The molecule has 0 saturated heterocycles. The van der Waals surface area contributed by atoms with Crippen LogP contribution in [0.4, 0.5) is 0 Å². The van der Waals surface area contributed by atoms with Crippen molar-refractivity contribution in [3.8, 4) is 0 Å². The Balaban J connectivity index is 1.45. The van der Waals surface area contributed by atoms with Gasteiger partial charge in [-0.05, 0) is 66.3 Å². The van der Waals surface area contributed by atoms with Crippen LogP contribution in [0.3, 0.4) is 0 Å². The summed E-state index contributed by atoms with van der Waals surface area (Å²) in [5.74, 6) is 0. The van der Waals surface area contributed by atoms with Crippen molar-refractivity contribution in [1.82, 2.24) is 9.29 Å². The first-order valence-electron chi connectivity index (χ1n) is 10.4. The van der Waals surface area contributed by atoms with Gasteiger partial charge < -0.3 is 0 Å². The zero-order valence-electron chi connectivity index (χ0n) is 17.1. The number of halogens is 1. The van der Waals surface area contributed by atoms with E-state index < -0.39 is 10.0 Å². The van der Waals surface area contributed by atoms with Gasteiger partial charge in [-0.25, -0.2) is 13.1 Å². The summed E-state index contributed by atoms with van der Waals surface area (Å²) in [5.41, 5.74) is 3.91. The molecule has 8 heteroatoms. The van der Waals surface area contributed by atoms with E-state index in [0.717, 1.165) is 47.2 Å². The second kappa shape index (κ2) is 8.48. The van der Waals surface area contributed by atoms with Crippen LogP contribution in [0.25, 0.3) is 10.2 Å². The van der Waals surface area contributed by atoms with Crippen molar-refractivity contribution < 1.29 is 8.42 Å². The van der Waals surface area contributed by atoms with E-state index in [0.29, 0.717) is 16.3 Å². The Bertz CT molecular complexity index is 1460. The molecule has 0 bridgehead atoms. The zero-order chi connectivity index (χ0) is 22.3. The van der Waals surface area contributed by atoms with Gasteiger partial charge in [0, 0.05) is 11.1 Å². The fraction of sp³-hybridized carbons (Fsp3) is 0.208. The Morgan fingerprint density at radius 2 is 1.84 bits per heavy atom. The van der Waals surface area contributed by atoms with Crippen LogP contribution in [0.2, 0.25) is 5.02 Å². The van der Waals surface area contributed by atoms with E-state index in [1.54, 1.807) is 34.9 Å². The third-order valence-electron chi connectivity index (χ3n) is 5.87. The van der Waals surface area contributed by atoms with Gasteiger partial charge in [-0.3, -0.25) is 9.36 Å². The molecule has 5 rings (SSSR count). The van der Waals surface area contributed by atoms with E-state index in [-0.39, 0.29) is 15.8 Å². The second-order valence-electron chi connectivity index (χ2n) is 7.98. The van der Waals surface area contributed by atoms with E-state index >= 15 is 0 Å². The largest absolute Gasteiger partial charge is 0.308 e. The lowest BCUT2D eigenvalue weighted by molar-refractivity contribution is 0.507. The summed E-state index contributed by atoms with van der Waals surface area (Å²) in [5, 5.41) is 0.638. The summed E-state index contributed by atoms with van der Waals surface area (Å²) in [6.45, 7) is 0.402. The highest BCUT2D eigenvalue weighted by Crippen LogP contribution is 2.31. The summed E-state index contributed by atoms with van der Waals surface area (Å²) < 4.78 is 31.5. The molecule has 1 aliphatic carbocycles. The standard InChI is InChI=1S/C24H21ClN2O3S2/c25-18-10-8-16(9-11-18)15-27-22-13-12-19(14-23(22)31-24(27)28)32(29,30)26-21-7-3-5-17-4-1-2-6-20(17)21/h1-2,4,6,8-14,21,26H,3,5,7,15H2/t21-/m1/s1. The van der Waals surface area contributed by atoms with Crippen molar-refractivity contribution >= 4 is 43.2 Å². The normalized spacial score (nSPS) is 16.2. The van der Waals surface area contributed by atoms with Gasteiger partial charge >= 0.3 is 4.87 Å². The van der Waals surface area contributed by atoms with Crippen molar-refractivity contribution in [1.29, 1.82) is 0 Å². The number of nitrogens with one attached hydrogen (secondary N) is 1. The lowest BCUT2D eigenvalue weighted by Gasteiger charge is -2.26. The fourth-order valence-electron chi connectivity index (χ4n) is 4.27. The van der Waals surface area contributed by atoms with Gasteiger partial charge in [-0.15, -0.1) is 0 Å². The molecule has 0 aliphatic heterocycles. The number of hydrogen-bond acceptors (Lipinski definition) is 4. The SMILES string of the molecule is O=c1sc2cc(S(=O)(=O)N[C@@H]3CCCc4ccccc43)ccc2n1Cc1ccc(Cl)cc1. The van der Waals surface area contributed by atoms with Gasteiger partial charge in [0.2, 0.25) is 10.0 Å². The predicted octanol–water partition coefficient (Wildman–Crippen LogP) is 5.12. The Kier molecular flexibility index (Phi) is 5.67. The lowest BCUT2D eigenvalue weighted by Crippen LogP contribution is -2.31. The molecule has 0 spiro atoms. The van der Waals surface area contributed by atoms with Gasteiger partial charge in [-0.2, -0.15) is 0 Å². The molecule has 4 aromatic rings. The number of nitrogens with zero attached hydrogens (tertiary/aromatic N) is 1. The fourth-order valence-corrected chi connectivity index (χ4v) is 6.67. The summed E-state index contributed by atoms with van der Waals surface area (Å²) in [6.07, 6.45) is 2.68. The van der Waals surface area contributed by atoms with Gasteiger partial charge in [0.15, 0.2) is 0 Å². The first-order chi connectivity index (χ1) is 15.4. The summed E-state index contributed by atoms with van der Waals surface area (Å²) in [4.78, 5) is 12.7. The van der Waals surface area contributed by atoms with Crippen LogP contribution < -0.4 is 9.60 Å². The zero-order valence-corrected chi connectivity index (χ0v) is 19.5. The second-order valence-corrected chi connectivity index (χ2v) is 11.1. The molecule has 0 unspecified atom stereocenters. The molecule has 0 amide bonds. The van der Waals surface area contributed by atoms with Crippen molar-refractivity contribution in [2.24, 2.45) is 0 Å². The van der Waals surface area contributed by atoms with E-state index in [1.807, 2.05) is 30.3 Å². The maximum Gasteiger partial charge on any atom is 0.308 e. The molecule has 1 aromatic heterocycles. The average molecular weight is 485 g/mol. The third kappa shape index (κ3) is 4.13. The molecule has 3 aromatic carbocycles. The highest BCUT2D eigenvalue weighted by molar-refractivity contribution is 7.89. The Morgan fingerprint density at radius 1 is 1.06 bits per heavy atom. The summed E-state index contributed by atoms with van der Waals surface area (Å²) >= 11 is 7.00. The van der Waals surface area contributed by atoms with Crippen LogP contribution in [0.1, 0.15) is 35.6 Å². The molecule has 0 radical (unpaired) electrons. The van der Waals surface area contributed by atoms with Crippen molar-refractivity contribution in [3.05, 3.63) is 98.1 Å². The number of aromatic nitrogens is 1. The molecule has 1 aliphatic rings. The molecule has 1 atom stereocenters. The van der Waals surface area contributed by atoms with Crippen LogP contribution >= 0.6 is 22.9 Å². The third-order valence-corrected chi connectivity index (χ3v) is 8.53. The summed E-state index contributed by atoms with van der Waals surface area (Å²) in [6, 6.07) is 20.0. The number of thiazole rings is 1. The monoisotopic (exact) mass is 484 g/mol. The van der Waals surface area contributed by atoms with Crippen molar-refractivity contribution in [3.63, 3.8) is 0 Å². The van der Waals surface area contributed by atoms with Gasteiger partial charge in [0.05, 0.1) is 21.7 Å². The maximum absolute atomic E-state index is 13.2. The lowest BCUT2D eigenvalue weighted by atomic mass is 9.88. The molecule has 1 heterocycles. The average Bonchev–Trinajstić information content (AvgIpc) is 3.09. The predicted molar refractivity (Wildman–Crippen MR) is 129 cm³/mol. The van der Waals surface area contributed by atoms with Crippen LogP contribution in [-0.4, -0.2) is 13.0 Å². The Hall–Kier alpha value is -2.45. The molecular weight excluding hydrogens is 464 g/mol. The van der Waals surface area contributed by atoms with Gasteiger partial charge in [-0.1, -0.05) is 59.3 Å². The number of hydrogen-bond donors (Lipinski definition) is 1. The molecule has 0 fully saturated rings. The van der Waals surface area contributed by atoms with Crippen molar-refractivity contribution in [2.45, 2.75) is 36.7 Å². The van der Waals surface area contributed by atoms with Crippen molar-refractivity contribution in [2.75, 3.05) is 0 Å². The number of fused-ring (bicyclic) bond motifs is 2. The number of sulfonamides is 1. The number of benzene rings is 3. The maximum atomic E-state index is 13.2. The number of aryl methyl sites for hydroxylation is 1. The van der Waals surface area contributed by atoms with Crippen LogP contribution in [-0.2, 0) is 23.0 Å². The molecule has 32 heavy (non-hydrogen) atoms. The Morgan fingerprint density at radius 3 is 2.66 bits per heavy atom. The van der Waals surface area contributed by atoms with E-state index in [9.17, 15) is 13.2 Å². The molecule has 164 valence electrons.